The van der Waals surface area contributed by atoms with Crippen LogP contribution in [0.15, 0.2) is 48.8 Å². The van der Waals surface area contributed by atoms with Crippen molar-refractivity contribution in [3.63, 3.8) is 0 Å². The molecule has 0 aliphatic carbocycles. The van der Waals surface area contributed by atoms with Crippen LogP contribution in [0.5, 0.6) is 0 Å². The van der Waals surface area contributed by atoms with Gasteiger partial charge in [0.15, 0.2) is 5.82 Å². The average Bonchev–Trinajstić information content (AvgIpc) is 3.33. The normalized spacial score (nSPS) is 27.2. The van der Waals surface area contributed by atoms with Crippen molar-refractivity contribution in [2.45, 2.75) is 30.5 Å². The van der Waals surface area contributed by atoms with Crippen molar-refractivity contribution in [2.75, 3.05) is 19.0 Å². The van der Waals surface area contributed by atoms with Gasteiger partial charge in [-0.25, -0.2) is 9.50 Å². The average molecular weight is 459 g/mol. The van der Waals surface area contributed by atoms with E-state index in [9.17, 15) is 20.0 Å². The van der Waals surface area contributed by atoms with Crippen molar-refractivity contribution in [3.05, 3.63) is 60.0 Å². The van der Waals surface area contributed by atoms with Gasteiger partial charge in [0.25, 0.3) is 0 Å². The van der Waals surface area contributed by atoms with Crippen LogP contribution in [0.4, 0.5) is 5.82 Å². The molecule has 1 aromatic carbocycles. The molecular formula is C20H22N5O6P. The smallest absolute Gasteiger partial charge is 0.328 e. The number of nitriles is 1. The van der Waals surface area contributed by atoms with Gasteiger partial charge in [0.1, 0.15) is 36.2 Å². The molecule has 1 fully saturated rings. The summed E-state index contributed by atoms with van der Waals surface area (Å²) in [4.78, 5) is 3.89. The highest BCUT2D eigenvalue weighted by Gasteiger charge is 2.57. The van der Waals surface area contributed by atoms with Crippen LogP contribution in [0, 0.1) is 11.3 Å². The van der Waals surface area contributed by atoms with E-state index in [1.165, 1.54) is 23.6 Å². The molecule has 1 aliphatic heterocycles. The number of aliphatic hydroxyl groups is 2. The van der Waals surface area contributed by atoms with Crippen molar-refractivity contribution in [3.8, 4) is 6.07 Å². The minimum Gasteiger partial charge on any atom is -0.387 e. The highest BCUT2D eigenvalue weighted by atomic mass is 31.2. The van der Waals surface area contributed by atoms with Crippen LogP contribution in [-0.4, -0.2) is 56.4 Å². The quantitative estimate of drug-likeness (QED) is 0.437. The molecular weight excluding hydrogens is 437 g/mol. The Morgan fingerprint density at radius 2 is 2.03 bits per heavy atom. The van der Waals surface area contributed by atoms with E-state index in [0.717, 1.165) is 5.56 Å². The highest BCUT2D eigenvalue weighted by Crippen LogP contribution is 2.47. The zero-order chi connectivity index (χ0) is 22.9. The van der Waals surface area contributed by atoms with E-state index in [0.29, 0.717) is 5.52 Å². The number of hydrogen-bond donors (Lipinski definition) is 3. The van der Waals surface area contributed by atoms with Crippen molar-refractivity contribution in [1.82, 2.24) is 14.6 Å². The van der Waals surface area contributed by atoms with Gasteiger partial charge in [0.05, 0.1) is 18.9 Å². The molecule has 1 aliphatic rings. The molecule has 4 rings (SSSR count). The number of nitrogen functional groups attached to an aromatic ring is 1. The Bertz CT molecular complexity index is 1200. The van der Waals surface area contributed by atoms with Crippen LogP contribution in [0.2, 0.25) is 0 Å². The summed E-state index contributed by atoms with van der Waals surface area (Å²) in [5.41, 5.74) is 5.27. The number of nitrogens with zero attached hydrogens (tertiary/aromatic N) is 4. The van der Waals surface area contributed by atoms with E-state index in [4.69, 9.17) is 19.5 Å². The summed E-state index contributed by atoms with van der Waals surface area (Å²) < 4.78 is 30.5. The first kappa shape index (κ1) is 22.4. The van der Waals surface area contributed by atoms with Gasteiger partial charge in [0.2, 0.25) is 5.60 Å². The maximum atomic E-state index is 12.7. The SMILES string of the molecule is CP(=O)(OCc1ccccc1)OC[C@H]1O[C@@](C#N)(c2ccc3c(N)ncnn23)[C@@H](O)C1O. The van der Waals surface area contributed by atoms with Crippen LogP contribution in [0.1, 0.15) is 11.3 Å². The van der Waals surface area contributed by atoms with Gasteiger partial charge < -0.3 is 29.7 Å². The number of ether oxygens (including phenoxy) is 1. The molecule has 0 amide bonds. The summed E-state index contributed by atoms with van der Waals surface area (Å²) >= 11 is 0. The Morgan fingerprint density at radius 3 is 2.75 bits per heavy atom. The van der Waals surface area contributed by atoms with Gasteiger partial charge in [-0.05, 0) is 17.7 Å². The van der Waals surface area contributed by atoms with Crippen LogP contribution in [-0.2, 0) is 30.6 Å². The standard InChI is InChI=1S/C20H22N5O6P/c1-32(28,29-9-13-5-3-2-4-6-13)30-10-15-17(26)18(27)20(11-21,31-15)16-8-7-14-19(22)23-12-24-25(14)16/h2-8,12,15,17-18,26-27H,9-10H2,1H3,(H2,22,23,24)/t15-,17?,18+,20+,32?/m1/s1. The number of aliphatic hydroxyl groups excluding tert-OH is 2. The first-order valence-electron chi connectivity index (χ1n) is 9.72. The lowest BCUT2D eigenvalue weighted by molar-refractivity contribution is -0.0624. The zero-order valence-electron chi connectivity index (χ0n) is 17.1. The molecule has 32 heavy (non-hydrogen) atoms. The summed E-state index contributed by atoms with van der Waals surface area (Å²) in [5, 5.41) is 35.2. The molecule has 5 atom stereocenters. The monoisotopic (exact) mass is 459 g/mol. The number of anilines is 1. The largest absolute Gasteiger partial charge is 0.387 e. The first-order chi connectivity index (χ1) is 15.3. The van der Waals surface area contributed by atoms with Gasteiger partial charge in [-0.15, -0.1) is 0 Å². The molecule has 11 nitrogen and oxygen atoms in total. The summed E-state index contributed by atoms with van der Waals surface area (Å²) in [6, 6.07) is 14.2. The molecule has 0 spiro atoms. The van der Waals surface area contributed by atoms with E-state index in [2.05, 4.69) is 10.1 Å². The van der Waals surface area contributed by atoms with Crippen molar-refractivity contribution in [1.29, 1.82) is 5.26 Å². The van der Waals surface area contributed by atoms with Crippen LogP contribution < -0.4 is 5.73 Å². The summed E-state index contributed by atoms with van der Waals surface area (Å²) in [7, 11) is -3.51. The van der Waals surface area contributed by atoms with Gasteiger partial charge in [-0.2, -0.15) is 10.4 Å². The molecule has 12 heteroatoms. The molecule has 0 saturated carbocycles. The molecule has 2 aromatic heterocycles. The third kappa shape index (κ3) is 4.00. The van der Waals surface area contributed by atoms with E-state index in [1.807, 2.05) is 36.4 Å². The second-order valence-corrected chi connectivity index (χ2v) is 9.49. The molecule has 3 aromatic rings. The predicted molar refractivity (Wildman–Crippen MR) is 112 cm³/mol. The summed E-state index contributed by atoms with van der Waals surface area (Å²) in [6.07, 6.45) is -3.07. The molecule has 0 radical (unpaired) electrons. The van der Waals surface area contributed by atoms with Crippen LogP contribution in [0.25, 0.3) is 5.52 Å². The van der Waals surface area contributed by atoms with Crippen LogP contribution >= 0.6 is 7.60 Å². The predicted octanol–water partition coefficient (Wildman–Crippen LogP) is 1.21. The fourth-order valence-electron chi connectivity index (χ4n) is 3.56. The van der Waals surface area contributed by atoms with E-state index < -0.39 is 31.5 Å². The summed E-state index contributed by atoms with van der Waals surface area (Å²) in [6.45, 7) is 1.00. The van der Waals surface area contributed by atoms with Crippen molar-refractivity contribution >= 4 is 18.9 Å². The van der Waals surface area contributed by atoms with E-state index in [-0.39, 0.29) is 24.7 Å². The lowest BCUT2D eigenvalue weighted by Crippen LogP contribution is -2.41. The number of hydrogen-bond acceptors (Lipinski definition) is 10. The second kappa shape index (κ2) is 8.60. The lowest BCUT2D eigenvalue weighted by Gasteiger charge is -2.24. The highest BCUT2D eigenvalue weighted by molar-refractivity contribution is 7.52. The fourth-order valence-corrected chi connectivity index (χ4v) is 4.44. The summed E-state index contributed by atoms with van der Waals surface area (Å²) in [5.74, 6) is 0.176. The van der Waals surface area contributed by atoms with Gasteiger partial charge in [-0.1, -0.05) is 30.3 Å². The van der Waals surface area contributed by atoms with Gasteiger partial charge in [-0.3, -0.25) is 4.57 Å². The Kier molecular flexibility index (Phi) is 6.01. The van der Waals surface area contributed by atoms with Crippen LogP contribution in [0.3, 0.4) is 0 Å². The molecule has 168 valence electrons. The fraction of sp³-hybridized carbons (Fsp3) is 0.350. The molecule has 1 saturated heterocycles. The third-order valence-corrected chi connectivity index (χ3v) is 6.48. The molecule has 4 N–H and O–H groups in total. The molecule has 3 heterocycles. The maximum absolute atomic E-state index is 12.7. The number of benzene rings is 1. The van der Waals surface area contributed by atoms with Crippen molar-refractivity contribution < 1.29 is 28.6 Å². The van der Waals surface area contributed by atoms with Gasteiger partial charge in [0, 0.05) is 6.66 Å². The number of rotatable bonds is 7. The Balaban J connectivity index is 1.50. The van der Waals surface area contributed by atoms with Crippen molar-refractivity contribution in [2.24, 2.45) is 0 Å². The number of nitrogens with two attached hydrogens (primary N) is 1. The Hall–Kier alpha value is -2.84. The third-order valence-electron chi connectivity index (χ3n) is 5.27. The molecule has 2 unspecified atom stereocenters. The number of fused-ring (bicyclic) bond motifs is 1. The molecule has 0 bridgehead atoms. The van der Waals surface area contributed by atoms with E-state index >= 15 is 0 Å². The minimum atomic E-state index is -3.51. The second-order valence-electron chi connectivity index (χ2n) is 7.43. The minimum absolute atomic E-state index is 0.0741. The maximum Gasteiger partial charge on any atom is 0.328 e. The van der Waals surface area contributed by atoms with E-state index in [1.54, 1.807) is 6.07 Å². The Labute approximate surface area is 183 Å². The lowest BCUT2D eigenvalue weighted by atomic mass is 9.92. The first-order valence-corrected chi connectivity index (χ1v) is 11.7. The van der Waals surface area contributed by atoms with Gasteiger partial charge >= 0.3 is 7.60 Å². The zero-order valence-corrected chi connectivity index (χ0v) is 18.0. The Morgan fingerprint density at radius 1 is 1.28 bits per heavy atom. The topological polar surface area (TPSA) is 165 Å². The number of aromatic nitrogens is 3.